The first-order valence-corrected chi connectivity index (χ1v) is 6.27. The van der Waals surface area contributed by atoms with Gasteiger partial charge in [0.25, 0.3) is 5.91 Å². The van der Waals surface area contributed by atoms with E-state index in [1.54, 1.807) is 6.92 Å². The van der Waals surface area contributed by atoms with Crippen LogP contribution in [0.2, 0.25) is 0 Å². The molecule has 0 aromatic carbocycles. The van der Waals surface area contributed by atoms with Crippen molar-refractivity contribution in [3.8, 4) is 0 Å². The van der Waals surface area contributed by atoms with Crippen LogP contribution in [0.3, 0.4) is 0 Å². The highest BCUT2D eigenvalue weighted by molar-refractivity contribution is 5.94. The normalized spacial score (nSPS) is 13.9. The van der Waals surface area contributed by atoms with Crippen molar-refractivity contribution in [2.45, 2.75) is 25.8 Å². The van der Waals surface area contributed by atoms with Crippen LogP contribution in [0.5, 0.6) is 0 Å². The Morgan fingerprint density at radius 2 is 2.16 bits per heavy atom. The van der Waals surface area contributed by atoms with Crippen LogP contribution < -0.4 is 5.56 Å². The van der Waals surface area contributed by atoms with Crippen molar-refractivity contribution in [1.29, 1.82) is 0 Å². The van der Waals surface area contributed by atoms with Crippen LogP contribution in [-0.2, 0) is 9.53 Å². The lowest BCUT2D eigenvalue weighted by Crippen LogP contribution is -2.39. The highest BCUT2D eigenvalue weighted by Crippen LogP contribution is 2.27. The Bertz CT molecular complexity index is 533. The molecule has 6 nitrogen and oxygen atoms in total. The fourth-order valence-corrected chi connectivity index (χ4v) is 1.83. The Balaban J connectivity index is 2.13. The van der Waals surface area contributed by atoms with Crippen LogP contribution in [0.25, 0.3) is 0 Å². The summed E-state index contributed by atoms with van der Waals surface area (Å²) in [6.45, 7) is 1.93. The van der Waals surface area contributed by atoms with E-state index >= 15 is 0 Å². The van der Waals surface area contributed by atoms with Crippen LogP contribution in [-0.4, -0.2) is 41.0 Å². The number of esters is 1. The van der Waals surface area contributed by atoms with E-state index < -0.39 is 5.97 Å². The van der Waals surface area contributed by atoms with E-state index in [0.717, 1.165) is 12.8 Å². The number of rotatable bonds is 5. The number of nitrogens with one attached hydrogen (secondary N) is 1. The third kappa shape index (κ3) is 3.43. The molecule has 1 amide bonds. The molecule has 1 N–H and O–H groups in total. The van der Waals surface area contributed by atoms with Gasteiger partial charge in [0.15, 0.2) is 0 Å². The monoisotopic (exact) mass is 264 g/mol. The second-order valence-corrected chi connectivity index (χ2v) is 4.40. The smallest absolute Gasteiger partial charge is 0.325 e. The number of hydrogen-bond acceptors (Lipinski definition) is 4. The molecule has 1 fully saturated rings. The molecule has 0 unspecified atom stereocenters. The zero-order valence-corrected chi connectivity index (χ0v) is 10.7. The molecule has 0 spiro atoms. The van der Waals surface area contributed by atoms with Gasteiger partial charge < -0.3 is 14.6 Å². The minimum atomic E-state index is -0.430. The molecular formula is C13H16N2O4. The minimum Gasteiger partial charge on any atom is -0.465 e. The van der Waals surface area contributed by atoms with Gasteiger partial charge >= 0.3 is 5.97 Å². The second-order valence-electron chi connectivity index (χ2n) is 4.40. The summed E-state index contributed by atoms with van der Waals surface area (Å²) in [5, 5.41) is 0. The second kappa shape index (κ2) is 5.69. The van der Waals surface area contributed by atoms with Crippen molar-refractivity contribution in [3.63, 3.8) is 0 Å². The highest BCUT2D eigenvalue weighted by atomic mass is 16.5. The maximum absolute atomic E-state index is 12.3. The molecule has 1 aliphatic carbocycles. The van der Waals surface area contributed by atoms with Crippen LogP contribution in [0, 0.1) is 0 Å². The SMILES string of the molecule is CCOC(=O)CN(C(=O)c1cccc(=O)[nH]1)C1CC1. The molecule has 0 radical (unpaired) electrons. The van der Waals surface area contributed by atoms with E-state index in [-0.39, 0.29) is 36.4 Å². The quantitative estimate of drug-likeness (QED) is 0.787. The molecule has 2 rings (SSSR count). The van der Waals surface area contributed by atoms with Gasteiger partial charge in [0.1, 0.15) is 12.2 Å². The maximum Gasteiger partial charge on any atom is 0.325 e. The zero-order chi connectivity index (χ0) is 13.8. The fraction of sp³-hybridized carbons (Fsp3) is 0.462. The van der Waals surface area contributed by atoms with Gasteiger partial charge in [0, 0.05) is 12.1 Å². The lowest BCUT2D eigenvalue weighted by atomic mass is 10.3. The van der Waals surface area contributed by atoms with Gasteiger partial charge in [-0.05, 0) is 25.8 Å². The van der Waals surface area contributed by atoms with Gasteiger partial charge in [-0.25, -0.2) is 0 Å². The number of hydrogen-bond donors (Lipinski definition) is 1. The number of aromatic nitrogens is 1. The average molecular weight is 264 g/mol. The molecule has 1 aromatic heterocycles. The van der Waals surface area contributed by atoms with Gasteiger partial charge in [-0.3, -0.25) is 14.4 Å². The van der Waals surface area contributed by atoms with E-state index in [1.165, 1.54) is 23.1 Å². The number of pyridine rings is 1. The highest BCUT2D eigenvalue weighted by Gasteiger charge is 2.34. The van der Waals surface area contributed by atoms with Gasteiger partial charge in [-0.2, -0.15) is 0 Å². The van der Waals surface area contributed by atoms with E-state index in [2.05, 4.69) is 4.98 Å². The summed E-state index contributed by atoms with van der Waals surface area (Å²) in [4.78, 5) is 38.9. The number of amides is 1. The van der Waals surface area contributed by atoms with Crippen LogP contribution in [0.15, 0.2) is 23.0 Å². The van der Waals surface area contributed by atoms with Crippen molar-refractivity contribution in [1.82, 2.24) is 9.88 Å². The molecule has 0 saturated heterocycles. The van der Waals surface area contributed by atoms with Crippen molar-refractivity contribution in [3.05, 3.63) is 34.2 Å². The Kier molecular flexibility index (Phi) is 3.99. The number of carbonyl (C=O) groups excluding carboxylic acids is 2. The van der Waals surface area contributed by atoms with Gasteiger partial charge in [-0.1, -0.05) is 6.07 Å². The molecule has 102 valence electrons. The largest absolute Gasteiger partial charge is 0.465 e. The zero-order valence-electron chi connectivity index (χ0n) is 10.7. The number of ether oxygens (including phenoxy) is 1. The van der Waals surface area contributed by atoms with Crippen molar-refractivity contribution in [2.24, 2.45) is 0 Å². The molecule has 1 heterocycles. The predicted molar refractivity (Wildman–Crippen MR) is 67.8 cm³/mol. The molecule has 0 atom stereocenters. The average Bonchev–Trinajstić information content (AvgIpc) is 3.20. The first-order valence-electron chi connectivity index (χ1n) is 6.27. The van der Waals surface area contributed by atoms with Crippen LogP contribution in [0.4, 0.5) is 0 Å². The summed E-state index contributed by atoms with van der Waals surface area (Å²) in [5.74, 6) is -0.769. The molecular weight excluding hydrogens is 248 g/mol. The van der Waals surface area contributed by atoms with Crippen LogP contribution in [0.1, 0.15) is 30.3 Å². The van der Waals surface area contributed by atoms with Crippen molar-refractivity contribution < 1.29 is 14.3 Å². The molecule has 0 bridgehead atoms. The number of carbonyl (C=O) groups is 2. The Morgan fingerprint density at radius 1 is 1.42 bits per heavy atom. The Hall–Kier alpha value is -2.11. The topological polar surface area (TPSA) is 79.5 Å². The summed E-state index contributed by atoms with van der Waals surface area (Å²) >= 11 is 0. The molecule has 1 aromatic rings. The van der Waals surface area contributed by atoms with E-state index in [1.807, 2.05) is 0 Å². The Labute approximate surface area is 110 Å². The standard InChI is InChI=1S/C13H16N2O4/c1-2-19-12(17)8-15(9-6-7-9)13(18)10-4-3-5-11(16)14-10/h3-5,9H,2,6-8H2,1H3,(H,14,16). The third-order valence-electron chi connectivity index (χ3n) is 2.85. The third-order valence-corrected chi connectivity index (χ3v) is 2.85. The summed E-state index contributed by atoms with van der Waals surface area (Å²) < 4.78 is 4.86. The molecule has 1 saturated carbocycles. The summed E-state index contributed by atoms with van der Waals surface area (Å²) in [6, 6.07) is 4.45. The van der Waals surface area contributed by atoms with Crippen molar-refractivity contribution in [2.75, 3.05) is 13.2 Å². The Morgan fingerprint density at radius 3 is 2.74 bits per heavy atom. The van der Waals surface area contributed by atoms with Gasteiger partial charge in [0.05, 0.1) is 6.61 Å². The molecule has 1 aliphatic rings. The van der Waals surface area contributed by atoms with Crippen molar-refractivity contribution >= 4 is 11.9 Å². The van der Waals surface area contributed by atoms with Gasteiger partial charge in [-0.15, -0.1) is 0 Å². The summed E-state index contributed by atoms with van der Waals surface area (Å²) in [5.41, 5.74) is -0.138. The number of H-pyrrole nitrogens is 1. The number of nitrogens with zero attached hydrogens (tertiary/aromatic N) is 1. The summed E-state index contributed by atoms with van der Waals surface area (Å²) in [6.07, 6.45) is 1.75. The first kappa shape index (κ1) is 13.3. The first-order chi connectivity index (χ1) is 9.11. The lowest BCUT2D eigenvalue weighted by Gasteiger charge is -2.21. The van der Waals surface area contributed by atoms with Gasteiger partial charge in [0.2, 0.25) is 5.56 Å². The maximum atomic E-state index is 12.3. The molecule has 6 heteroatoms. The fourth-order valence-electron chi connectivity index (χ4n) is 1.83. The van der Waals surface area contributed by atoms with E-state index in [9.17, 15) is 14.4 Å². The van der Waals surface area contributed by atoms with E-state index in [4.69, 9.17) is 4.74 Å². The molecule has 19 heavy (non-hydrogen) atoms. The predicted octanol–water partition coefficient (Wildman–Crippen LogP) is 0.543. The lowest BCUT2D eigenvalue weighted by molar-refractivity contribution is -0.144. The minimum absolute atomic E-state index is 0.0700. The van der Waals surface area contributed by atoms with Crippen LogP contribution >= 0.6 is 0 Å². The molecule has 0 aliphatic heterocycles. The van der Waals surface area contributed by atoms with E-state index in [0.29, 0.717) is 0 Å². The summed E-state index contributed by atoms with van der Waals surface area (Å²) in [7, 11) is 0. The number of aromatic amines is 1.